The maximum Gasteiger partial charge on any atom is 0.407 e. The van der Waals surface area contributed by atoms with E-state index in [1.54, 1.807) is 0 Å². The van der Waals surface area contributed by atoms with Crippen LogP contribution in [-0.2, 0) is 4.74 Å². The lowest BCUT2D eigenvalue weighted by Gasteiger charge is -2.29. The third-order valence-electron chi connectivity index (χ3n) is 6.66. The van der Waals surface area contributed by atoms with E-state index in [4.69, 9.17) is 14.2 Å². The molecule has 1 aliphatic heterocycles. The van der Waals surface area contributed by atoms with Crippen LogP contribution >= 0.6 is 0 Å². The Bertz CT molecular complexity index is 1370. The zero-order chi connectivity index (χ0) is 23.8. The molecule has 4 aromatic rings. The Morgan fingerprint density at radius 2 is 1.43 bits per heavy atom. The van der Waals surface area contributed by atoms with Gasteiger partial charge in [-0.05, 0) is 47.4 Å². The van der Waals surface area contributed by atoms with Crippen molar-refractivity contribution in [3.05, 3.63) is 113 Å². The second-order valence-corrected chi connectivity index (χ2v) is 8.68. The highest BCUT2D eigenvalue weighted by molar-refractivity contribution is 5.79. The van der Waals surface area contributed by atoms with E-state index in [2.05, 4.69) is 29.6 Å². The molecule has 2 aliphatic rings. The summed E-state index contributed by atoms with van der Waals surface area (Å²) in [5.74, 6) is 2.11. The van der Waals surface area contributed by atoms with Gasteiger partial charge >= 0.3 is 6.09 Å². The lowest BCUT2D eigenvalue weighted by molar-refractivity contribution is 0.140. The van der Waals surface area contributed by atoms with Gasteiger partial charge in [0.05, 0.1) is 12.6 Å². The summed E-state index contributed by atoms with van der Waals surface area (Å²) in [5.41, 5.74) is 6.53. The summed E-state index contributed by atoms with van der Waals surface area (Å²) in [6.45, 7) is 2.77. The Balaban J connectivity index is 1.24. The maximum absolute atomic E-state index is 13.1. The number of rotatable bonds is 5. The fourth-order valence-corrected chi connectivity index (χ4v) is 5.11. The molecule has 5 nitrogen and oxygen atoms in total. The van der Waals surface area contributed by atoms with Crippen molar-refractivity contribution < 1.29 is 19.0 Å². The Morgan fingerprint density at radius 3 is 2.14 bits per heavy atom. The van der Waals surface area contributed by atoms with Crippen molar-refractivity contribution in [2.24, 2.45) is 0 Å². The summed E-state index contributed by atoms with van der Waals surface area (Å²) in [6, 6.07) is 29.7. The molecule has 4 aromatic carbocycles. The van der Waals surface area contributed by atoms with Gasteiger partial charge in [-0.3, -0.25) is 0 Å². The Labute approximate surface area is 204 Å². The molecular weight excluding hydrogens is 438 g/mol. The molecule has 1 atom stereocenters. The van der Waals surface area contributed by atoms with Crippen molar-refractivity contribution in [1.82, 2.24) is 5.32 Å². The first-order chi connectivity index (χ1) is 17.2. The zero-order valence-corrected chi connectivity index (χ0v) is 19.4. The van der Waals surface area contributed by atoms with Crippen molar-refractivity contribution in [2.75, 3.05) is 13.2 Å². The predicted molar refractivity (Wildman–Crippen MR) is 134 cm³/mol. The number of benzene rings is 4. The van der Waals surface area contributed by atoms with Gasteiger partial charge in [0.2, 0.25) is 0 Å². The Morgan fingerprint density at radius 1 is 0.800 bits per heavy atom. The second-order valence-electron chi connectivity index (χ2n) is 8.68. The van der Waals surface area contributed by atoms with Crippen LogP contribution in [0.15, 0.2) is 91.0 Å². The standard InChI is InChI=1S/C30H25NO4/c1-2-33-19-15-16-25-28(17-19)35-27-14-8-7-13-24(27)29(25)31-30(32)34-18-26-22-11-5-3-9-20(22)21-10-4-6-12-23(21)26/h3-17,26,29H,2,18H2,1H3,(H,31,32). The molecule has 0 saturated carbocycles. The second kappa shape index (κ2) is 8.84. The summed E-state index contributed by atoms with van der Waals surface area (Å²) in [5, 5.41) is 3.07. The van der Waals surface area contributed by atoms with Crippen LogP contribution in [0.4, 0.5) is 4.79 Å². The van der Waals surface area contributed by atoms with Crippen LogP contribution in [0.3, 0.4) is 0 Å². The van der Waals surface area contributed by atoms with Gasteiger partial charge < -0.3 is 19.5 Å². The average molecular weight is 464 g/mol. The maximum atomic E-state index is 13.1. The van der Waals surface area contributed by atoms with Crippen molar-refractivity contribution in [1.29, 1.82) is 0 Å². The van der Waals surface area contributed by atoms with Crippen molar-refractivity contribution >= 4 is 6.09 Å². The summed E-state index contributed by atoms with van der Waals surface area (Å²) in [6.07, 6.45) is -0.464. The predicted octanol–water partition coefficient (Wildman–Crippen LogP) is 6.82. The summed E-state index contributed by atoms with van der Waals surface area (Å²) in [7, 11) is 0. The Hall–Kier alpha value is -4.25. The third-order valence-corrected chi connectivity index (χ3v) is 6.66. The highest BCUT2D eigenvalue weighted by Gasteiger charge is 2.31. The van der Waals surface area contributed by atoms with Crippen molar-refractivity contribution in [2.45, 2.75) is 18.9 Å². The molecule has 6 rings (SSSR count). The number of hydrogen-bond donors (Lipinski definition) is 1. The van der Waals surface area contributed by atoms with E-state index in [1.165, 1.54) is 22.3 Å². The van der Waals surface area contributed by atoms with E-state index in [0.717, 1.165) is 16.9 Å². The van der Waals surface area contributed by atoms with Crippen LogP contribution in [0.5, 0.6) is 17.2 Å². The Kier molecular flexibility index (Phi) is 5.38. The zero-order valence-electron chi connectivity index (χ0n) is 19.4. The average Bonchev–Trinajstić information content (AvgIpc) is 3.21. The van der Waals surface area contributed by atoms with Crippen LogP contribution in [0.25, 0.3) is 11.1 Å². The van der Waals surface area contributed by atoms with Gasteiger partial charge in [-0.2, -0.15) is 0 Å². The van der Waals surface area contributed by atoms with E-state index in [0.29, 0.717) is 18.1 Å². The van der Waals surface area contributed by atoms with E-state index < -0.39 is 6.09 Å². The highest BCUT2D eigenvalue weighted by atomic mass is 16.5. The number of para-hydroxylation sites is 1. The van der Waals surface area contributed by atoms with E-state index in [1.807, 2.05) is 73.7 Å². The minimum Gasteiger partial charge on any atom is -0.494 e. The van der Waals surface area contributed by atoms with Gasteiger partial charge in [-0.25, -0.2) is 4.79 Å². The topological polar surface area (TPSA) is 56.8 Å². The van der Waals surface area contributed by atoms with E-state index in [-0.39, 0.29) is 18.6 Å². The number of ether oxygens (including phenoxy) is 3. The van der Waals surface area contributed by atoms with E-state index >= 15 is 0 Å². The third kappa shape index (κ3) is 3.79. The molecule has 1 N–H and O–H groups in total. The molecular formula is C30H25NO4. The van der Waals surface area contributed by atoms with Crippen LogP contribution in [0.1, 0.15) is 41.1 Å². The van der Waals surface area contributed by atoms with Crippen LogP contribution < -0.4 is 14.8 Å². The van der Waals surface area contributed by atoms with Gasteiger partial charge in [0.25, 0.3) is 0 Å². The molecule has 0 aromatic heterocycles. The quantitative estimate of drug-likeness (QED) is 0.353. The van der Waals surface area contributed by atoms with Gasteiger partial charge in [-0.1, -0.05) is 66.7 Å². The number of carbonyl (C=O) groups excluding carboxylic acids is 1. The minimum absolute atomic E-state index is 0.0103. The SMILES string of the molecule is CCOc1ccc2c(c1)Oc1ccccc1C2NC(=O)OCC1c2ccccc2-c2ccccc21. The molecule has 1 unspecified atom stereocenters. The number of fused-ring (bicyclic) bond motifs is 5. The lowest BCUT2D eigenvalue weighted by atomic mass is 9.94. The van der Waals surface area contributed by atoms with E-state index in [9.17, 15) is 4.79 Å². The van der Waals surface area contributed by atoms with Gasteiger partial charge in [0.15, 0.2) is 0 Å². The van der Waals surface area contributed by atoms with Crippen LogP contribution in [-0.4, -0.2) is 19.3 Å². The smallest absolute Gasteiger partial charge is 0.407 e. The van der Waals surface area contributed by atoms with Crippen LogP contribution in [0, 0.1) is 0 Å². The molecule has 174 valence electrons. The fraction of sp³-hybridized carbons (Fsp3) is 0.167. The van der Waals surface area contributed by atoms with Gasteiger partial charge in [-0.15, -0.1) is 0 Å². The molecule has 1 aliphatic carbocycles. The normalized spacial score (nSPS) is 15.2. The van der Waals surface area contributed by atoms with Gasteiger partial charge in [0, 0.05) is 23.1 Å². The fourth-order valence-electron chi connectivity index (χ4n) is 5.11. The van der Waals surface area contributed by atoms with Crippen LogP contribution in [0.2, 0.25) is 0 Å². The molecule has 1 heterocycles. The molecule has 0 spiro atoms. The first kappa shape index (κ1) is 21.3. The summed E-state index contributed by atoms with van der Waals surface area (Å²) >= 11 is 0. The summed E-state index contributed by atoms with van der Waals surface area (Å²) < 4.78 is 17.6. The molecule has 35 heavy (non-hydrogen) atoms. The summed E-state index contributed by atoms with van der Waals surface area (Å²) in [4.78, 5) is 13.1. The largest absolute Gasteiger partial charge is 0.494 e. The van der Waals surface area contributed by atoms with Crippen molar-refractivity contribution in [3.8, 4) is 28.4 Å². The number of amides is 1. The van der Waals surface area contributed by atoms with Gasteiger partial charge in [0.1, 0.15) is 23.9 Å². The number of nitrogens with one attached hydrogen (secondary N) is 1. The monoisotopic (exact) mass is 463 g/mol. The lowest BCUT2D eigenvalue weighted by Crippen LogP contribution is -2.32. The molecule has 0 radical (unpaired) electrons. The number of alkyl carbamates (subject to hydrolysis) is 1. The molecule has 5 heteroatoms. The molecule has 0 bridgehead atoms. The molecule has 1 amide bonds. The highest BCUT2D eigenvalue weighted by Crippen LogP contribution is 2.46. The number of carbonyl (C=O) groups is 1. The molecule has 0 fully saturated rings. The first-order valence-electron chi connectivity index (χ1n) is 11.9. The van der Waals surface area contributed by atoms with Crippen molar-refractivity contribution in [3.63, 3.8) is 0 Å². The minimum atomic E-state index is -0.464. The first-order valence-corrected chi connectivity index (χ1v) is 11.9. The molecule has 0 saturated heterocycles. The number of hydrogen-bond acceptors (Lipinski definition) is 4.